The van der Waals surface area contributed by atoms with Crippen LogP contribution >= 0.6 is 0 Å². The first-order valence-corrected chi connectivity index (χ1v) is 13.8. The molecule has 5 rings (SSSR count). The number of hydrogen-bond donors (Lipinski definition) is 3. The molecule has 4 aromatic rings. The van der Waals surface area contributed by atoms with Crippen molar-refractivity contribution in [3.8, 4) is 29.0 Å². The maximum Gasteiger partial charge on any atom is 0.262 e. The molecular weight excluding hydrogens is 540 g/mol. The van der Waals surface area contributed by atoms with Crippen molar-refractivity contribution in [1.82, 2.24) is 20.3 Å². The fraction of sp³-hybridized carbons (Fsp3) is 0.185. The minimum Gasteiger partial charge on any atom is -0.435 e. The van der Waals surface area contributed by atoms with E-state index in [-0.39, 0.29) is 22.4 Å². The van der Waals surface area contributed by atoms with Crippen LogP contribution in [-0.4, -0.2) is 42.5 Å². The summed E-state index contributed by atoms with van der Waals surface area (Å²) in [5.41, 5.74) is 0.338. The first-order chi connectivity index (χ1) is 19.3. The third-order valence-electron chi connectivity index (χ3n) is 6.10. The number of nitrogens with one attached hydrogen (secondary N) is 3. The van der Waals surface area contributed by atoms with Crippen molar-refractivity contribution < 1.29 is 21.9 Å². The van der Waals surface area contributed by atoms with Crippen LogP contribution < -0.4 is 20.1 Å². The van der Waals surface area contributed by atoms with Gasteiger partial charge in [-0.05, 0) is 67.9 Å². The summed E-state index contributed by atoms with van der Waals surface area (Å²) in [6.07, 6.45) is 5.02. The Morgan fingerprint density at radius 1 is 1.05 bits per heavy atom. The van der Waals surface area contributed by atoms with E-state index in [4.69, 9.17) is 10.00 Å². The first kappa shape index (κ1) is 26.9. The van der Waals surface area contributed by atoms with Gasteiger partial charge in [-0.3, -0.25) is 4.72 Å². The van der Waals surface area contributed by atoms with E-state index >= 15 is 4.39 Å². The molecule has 1 aliphatic rings. The summed E-state index contributed by atoms with van der Waals surface area (Å²) in [6, 6.07) is 14.2. The fourth-order valence-corrected chi connectivity index (χ4v) is 5.24. The van der Waals surface area contributed by atoms with Crippen LogP contribution in [0.2, 0.25) is 0 Å². The van der Waals surface area contributed by atoms with Gasteiger partial charge >= 0.3 is 0 Å². The SMILES string of the molecule is N#Cc1cccc(S(=O)(=O)Nc2ccc(Oc3ncccc3-c3ccnc(NC4CCCNC4)n3)c(F)c2F)c1. The number of benzene rings is 2. The highest BCUT2D eigenvalue weighted by Gasteiger charge is 2.22. The predicted octanol–water partition coefficient (Wildman–Crippen LogP) is 4.45. The highest BCUT2D eigenvalue weighted by molar-refractivity contribution is 7.92. The number of anilines is 2. The summed E-state index contributed by atoms with van der Waals surface area (Å²) in [6.45, 7) is 1.76. The number of nitrogens with zero attached hydrogens (tertiary/aromatic N) is 4. The lowest BCUT2D eigenvalue weighted by atomic mass is 10.1. The normalized spacial score (nSPS) is 15.2. The zero-order chi connectivity index (χ0) is 28.1. The first-order valence-electron chi connectivity index (χ1n) is 12.3. The van der Waals surface area contributed by atoms with E-state index in [9.17, 15) is 12.8 Å². The number of hydrogen-bond acceptors (Lipinski definition) is 9. The summed E-state index contributed by atoms with van der Waals surface area (Å²) < 4.78 is 63.1. The Kier molecular flexibility index (Phi) is 7.81. The molecule has 0 aliphatic carbocycles. The van der Waals surface area contributed by atoms with Gasteiger partial charge in [0, 0.05) is 25.0 Å². The average Bonchev–Trinajstić information content (AvgIpc) is 2.98. The van der Waals surface area contributed by atoms with Gasteiger partial charge in [0.05, 0.1) is 33.5 Å². The fourth-order valence-electron chi connectivity index (χ4n) is 4.13. The quantitative estimate of drug-likeness (QED) is 0.283. The van der Waals surface area contributed by atoms with E-state index in [0.29, 0.717) is 17.2 Å². The number of sulfonamides is 1. The number of rotatable bonds is 8. The summed E-state index contributed by atoms with van der Waals surface area (Å²) >= 11 is 0. The molecule has 10 nitrogen and oxygen atoms in total. The van der Waals surface area contributed by atoms with Crippen molar-refractivity contribution >= 4 is 21.7 Å². The Morgan fingerprint density at radius 3 is 2.73 bits per heavy atom. The smallest absolute Gasteiger partial charge is 0.262 e. The van der Waals surface area contributed by atoms with E-state index in [0.717, 1.165) is 44.1 Å². The van der Waals surface area contributed by atoms with Crippen molar-refractivity contribution in [1.29, 1.82) is 5.26 Å². The lowest BCUT2D eigenvalue weighted by molar-refractivity contribution is 0.407. The Balaban J connectivity index is 1.38. The molecular formula is C27H23F2N7O3S. The minimum atomic E-state index is -4.30. The van der Waals surface area contributed by atoms with Gasteiger partial charge < -0.3 is 15.4 Å². The number of nitriles is 1. The zero-order valence-electron chi connectivity index (χ0n) is 20.9. The number of halogens is 2. The molecule has 0 saturated carbocycles. The Labute approximate surface area is 229 Å². The molecule has 1 atom stereocenters. The summed E-state index contributed by atoms with van der Waals surface area (Å²) in [5.74, 6) is -3.02. The zero-order valence-corrected chi connectivity index (χ0v) is 21.8. The van der Waals surface area contributed by atoms with E-state index in [2.05, 4.69) is 25.6 Å². The van der Waals surface area contributed by atoms with E-state index in [1.807, 2.05) is 10.8 Å². The molecule has 1 unspecified atom stereocenters. The molecule has 2 aromatic carbocycles. The summed E-state index contributed by atoms with van der Waals surface area (Å²) in [4.78, 5) is 12.7. The van der Waals surface area contributed by atoms with Gasteiger partial charge in [-0.1, -0.05) is 6.07 Å². The molecule has 0 radical (unpaired) electrons. The summed E-state index contributed by atoms with van der Waals surface area (Å²) in [5, 5.41) is 15.6. The maximum atomic E-state index is 15.1. The molecule has 3 heterocycles. The average molecular weight is 564 g/mol. The molecule has 0 spiro atoms. The highest BCUT2D eigenvalue weighted by atomic mass is 32.2. The second kappa shape index (κ2) is 11.6. The van der Waals surface area contributed by atoms with Crippen LogP contribution in [0.4, 0.5) is 20.4 Å². The van der Waals surface area contributed by atoms with Crippen molar-refractivity contribution in [3.63, 3.8) is 0 Å². The van der Waals surface area contributed by atoms with Gasteiger partial charge in [-0.2, -0.15) is 9.65 Å². The van der Waals surface area contributed by atoms with Crippen molar-refractivity contribution in [2.45, 2.75) is 23.8 Å². The lowest BCUT2D eigenvalue weighted by Crippen LogP contribution is -2.38. The van der Waals surface area contributed by atoms with Crippen molar-refractivity contribution in [2.24, 2.45) is 0 Å². The van der Waals surface area contributed by atoms with Crippen LogP contribution in [0.3, 0.4) is 0 Å². The second-order valence-electron chi connectivity index (χ2n) is 8.90. The lowest BCUT2D eigenvalue weighted by Gasteiger charge is -2.23. The third-order valence-corrected chi connectivity index (χ3v) is 7.47. The standard InChI is InChI=1S/C27H23F2N7O3S/c28-24-22(36-40(37,38)19-6-1-4-17(14-19)15-30)8-9-23(25(24)29)39-26-20(7-3-12-32-26)21-10-13-33-27(35-21)34-18-5-2-11-31-16-18/h1,3-4,6-10,12-14,18,31,36H,2,5,11,16H2,(H,33,34,35). The van der Waals surface area contributed by atoms with Gasteiger partial charge in [0.15, 0.2) is 11.6 Å². The Morgan fingerprint density at radius 2 is 1.93 bits per heavy atom. The molecule has 0 amide bonds. The topological polar surface area (TPSA) is 142 Å². The largest absolute Gasteiger partial charge is 0.435 e. The Bertz CT molecular complexity index is 1690. The highest BCUT2D eigenvalue weighted by Crippen LogP contribution is 2.34. The molecule has 40 heavy (non-hydrogen) atoms. The molecule has 204 valence electrons. The molecule has 1 aliphatic heterocycles. The van der Waals surface area contributed by atoms with Gasteiger partial charge in [0.25, 0.3) is 10.0 Å². The minimum absolute atomic E-state index is 0.0357. The molecule has 3 N–H and O–H groups in total. The number of ether oxygens (including phenoxy) is 1. The van der Waals surface area contributed by atoms with E-state index in [1.165, 1.54) is 24.4 Å². The Hall–Kier alpha value is -4.67. The van der Waals surface area contributed by atoms with Crippen LogP contribution in [-0.2, 0) is 10.0 Å². The third kappa shape index (κ3) is 5.98. The number of aromatic nitrogens is 3. The van der Waals surface area contributed by atoms with E-state index < -0.39 is 33.1 Å². The van der Waals surface area contributed by atoms with Gasteiger partial charge in [-0.25, -0.2) is 27.8 Å². The molecule has 1 fully saturated rings. The predicted molar refractivity (Wildman–Crippen MR) is 143 cm³/mol. The number of piperidine rings is 1. The van der Waals surface area contributed by atoms with E-state index in [1.54, 1.807) is 24.4 Å². The van der Waals surface area contributed by atoms with Crippen LogP contribution in [0, 0.1) is 23.0 Å². The summed E-state index contributed by atoms with van der Waals surface area (Å²) in [7, 11) is -4.30. The van der Waals surface area contributed by atoms with Gasteiger partial charge in [0.1, 0.15) is 0 Å². The molecule has 2 aromatic heterocycles. The second-order valence-corrected chi connectivity index (χ2v) is 10.6. The maximum absolute atomic E-state index is 15.1. The van der Waals surface area contributed by atoms with Gasteiger partial charge in [-0.15, -0.1) is 0 Å². The van der Waals surface area contributed by atoms with Crippen LogP contribution in [0.1, 0.15) is 18.4 Å². The molecule has 13 heteroatoms. The molecule has 1 saturated heterocycles. The van der Waals surface area contributed by atoms with Crippen LogP contribution in [0.15, 0.2) is 71.9 Å². The molecule has 0 bridgehead atoms. The van der Waals surface area contributed by atoms with Gasteiger partial charge in [0.2, 0.25) is 17.6 Å². The number of pyridine rings is 1. The van der Waals surface area contributed by atoms with Crippen LogP contribution in [0.5, 0.6) is 11.6 Å². The van der Waals surface area contributed by atoms with Crippen molar-refractivity contribution in [3.05, 3.63) is 84.2 Å². The van der Waals surface area contributed by atoms with Crippen molar-refractivity contribution in [2.75, 3.05) is 23.1 Å². The monoisotopic (exact) mass is 563 g/mol. The van der Waals surface area contributed by atoms with Crippen LogP contribution in [0.25, 0.3) is 11.3 Å².